The molecule has 0 fully saturated rings. The van der Waals surface area contributed by atoms with Crippen LogP contribution in [-0.4, -0.2) is 33.7 Å². The van der Waals surface area contributed by atoms with Crippen molar-refractivity contribution in [3.63, 3.8) is 0 Å². The molecule has 0 atom stereocenters. The fourth-order valence-electron chi connectivity index (χ4n) is 0.765. The van der Waals surface area contributed by atoms with Gasteiger partial charge in [-0.05, 0) is 0 Å². The Kier molecular flexibility index (Phi) is 3.96. The zero-order chi connectivity index (χ0) is 12.0. The van der Waals surface area contributed by atoms with E-state index in [1.165, 1.54) is 6.08 Å². The van der Waals surface area contributed by atoms with Crippen molar-refractivity contribution in [3.05, 3.63) is 30.6 Å². The Hall–Kier alpha value is -2.44. The average molecular weight is 223 g/mol. The maximum Gasteiger partial charge on any atom is 0.414 e. The number of carbonyl (C=O) groups is 2. The van der Waals surface area contributed by atoms with E-state index in [0.29, 0.717) is 0 Å². The van der Waals surface area contributed by atoms with Crippen LogP contribution in [0.1, 0.15) is 10.4 Å². The number of hydrogen-bond acceptors (Lipinski definition) is 5. The average Bonchev–Trinajstić information content (AvgIpc) is 2.27. The molecule has 0 aliphatic carbocycles. The number of aromatic carboxylic acids is 1. The highest BCUT2D eigenvalue weighted by atomic mass is 16.5. The first-order valence-corrected chi connectivity index (χ1v) is 4.23. The molecule has 0 bridgehead atoms. The molecule has 0 spiro atoms. The molecule has 7 heteroatoms. The lowest BCUT2D eigenvalue weighted by Gasteiger charge is -2.03. The number of aromatic nitrogens is 2. The molecule has 0 aliphatic rings. The third kappa shape index (κ3) is 3.37. The quantitative estimate of drug-likeness (QED) is 0.735. The van der Waals surface area contributed by atoms with Crippen molar-refractivity contribution < 1.29 is 19.4 Å². The zero-order valence-electron chi connectivity index (χ0n) is 8.21. The standard InChI is InChI=1S/C9H9N3O4/c1-2-3-16-9(15)12-8-10-4-6(5-11-8)7(13)14/h2,4-5H,1,3H2,(H,13,14)(H,10,11,12,15). The first kappa shape index (κ1) is 11.6. The molecule has 84 valence electrons. The number of carboxylic acid groups (broad SMARTS) is 1. The number of hydrogen-bond donors (Lipinski definition) is 2. The fraction of sp³-hybridized carbons (Fsp3) is 0.111. The van der Waals surface area contributed by atoms with Crippen LogP contribution in [0.2, 0.25) is 0 Å². The summed E-state index contributed by atoms with van der Waals surface area (Å²) in [5, 5.41) is 10.8. The summed E-state index contributed by atoms with van der Waals surface area (Å²) in [4.78, 5) is 28.7. The second-order valence-corrected chi connectivity index (χ2v) is 2.61. The normalized spacial score (nSPS) is 9.25. The van der Waals surface area contributed by atoms with Crippen LogP contribution in [0.3, 0.4) is 0 Å². The molecule has 2 N–H and O–H groups in total. The molecular formula is C9H9N3O4. The van der Waals surface area contributed by atoms with Gasteiger partial charge in [-0.2, -0.15) is 0 Å². The third-order valence-electron chi connectivity index (χ3n) is 1.44. The van der Waals surface area contributed by atoms with Gasteiger partial charge in [-0.1, -0.05) is 12.7 Å². The molecule has 16 heavy (non-hydrogen) atoms. The van der Waals surface area contributed by atoms with Crippen LogP contribution >= 0.6 is 0 Å². The van der Waals surface area contributed by atoms with Crippen molar-refractivity contribution in [2.45, 2.75) is 0 Å². The van der Waals surface area contributed by atoms with Crippen molar-refractivity contribution in [1.29, 1.82) is 0 Å². The molecule has 0 aromatic carbocycles. The number of carboxylic acids is 1. The van der Waals surface area contributed by atoms with Crippen LogP contribution in [0.5, 0.6) is 0 Å². The van der Waals surface area contributed by atoms with Gasteiger partial charge < -0.3 is 9.84 Å². The summed E-state index contributed by atoms with van der Waals surface area (Å²) in [6.45, 7) is 3.44. The molecule has 1 amide bonds. The van der Waals surface area contributed by atoms with Crippen LogP contribution in [0.25, 0.3) is 0 Å². The van der Waals surface area contributed by atoms with Crippen molar-refractivity contribution in [2.75, 3.05) is 11.9 Å². The van der Waals surface area contributed by atoms with Crippen molar-refractivity contribution >= 4 is 18.0 Å². The van der Waals surface area contributed by atoms with E-state index < -0.39 is 12.1 Å². The second-order valence-electron chi connectivity index (χ2n) is 2.61. The lowest BCUT2D eigenvalue weighted by molar-refractivity contribution is 0.0696. The molecule has 1 aromatic heterocycles. The highest BCUT2D eigenvalue weighted by Crippen LogP contribution is 2.00. The van der Waals surface area contributed by atoms with E-state index in [0.717, 1.165) is 12.4 Å². The monoisotopic (exact) mass is 223 g/mol. The number of carbonyl (C=O) groups excluding carboxylic acids is 1. The van der Waals surface area contributed by atoms with Gasteiger partial charge in [0.25, 0.3) is 0 Å². The Bertz CT molecular complexity index is 402. The van der Waals surface area contributed by atoms with E-state index in [1.54, 1.807) is 0 Å². The molecule has 7 nitrogen and oxygen atoms in total. The molecule has 1 rings (SSSR count). The van der Waals surface area contributed by atoms with Crippen LogP contribution < -0.4 is 5.32 Å². The SMILES string of the molecule is C=CCOC(=O)Nc1ncc(C(=O)O)cn1. The van der Waals surface area contributed by atoms with E-state index in [1.807, 2.05) is 0 Å². The van der Waals surface area contributed by atoms with Crippen molar-refractivity contribution in [2.24, 2.45) is 0 Å². The molecule has 1 aromatic rings. The molecule has 0 saturated heterocycles. The minimum atomic E-state index is -1.14. The Morgan fingerprint density at radius 2 is 2.12 bits per heavy atom. The predicted molar refractivity (Wildman–Crippen MR) is 54.2 cm³/mol. The van der Waals surface area contributed by atoms with Crippen molar-refractivity contribution in [3.8, 4) is 0 Å². The maximum absolute atomic E-state index is 11.0. The van der Waals surface area contributed by atoms with Gasteiger partial charge in [0.1, 0.15) is 6.61 Å². The molecule has 0 unspecified atom stereocenters. The minimum absolute atomic E-state index is 0.0286. The van der Waals surface area contributed by atoms with E-state index in [-0.39, 0.29) is 18.1 Å². The smallest absolute Gasteiger partial charge is 0.414 e. The first-order chi connectivity index (χ1) is 7.63. The van der Waals surface area contributed by atoms with Gasteiger partial charge in [0.15, 0.2) is 0 Å². The molecule has 0 saturated carbocycles. The number of amides is 1. The summed E-state index contributed by atoms with van der Waals surface area (Å²) in [7, 11) is 0. The predicted octanol–water partition coefficient (Wildman–Crippen LogP) is 0.909. The second kappa shape index (κ2) is 5.44. The van der Waals surface area contributed by atoms with Crippen LogP contribution in [0.4, 0.5) is 10.7 Å². The molecule has 0 aliphatic heterocycles. The van der Waals surface area contributed by atoms with E-state index in [2.05, 4.69) is 26.6 Å². The van der Waals surface area contributed by atoms with Crippen LogP contribution in [0, 0.1) is 0 Å². The largest absolute Gasteiger partial charge is 0.478 e. The number of ether oxygens (including phenoxy) is 1. The van der Waals surface area contributed by atoms with Crippen LogP contribution in [-0.2, 0) is 4.74 Å². The van der Waals surface area contributed by atoms with Crippen molar-refractivity contribution in [1.82, 2.24) is 9.97 Å². The topological polar surface area (TPSA) is 101 Å². The third-order valence-corrected chi connectivity index (χ3v) is 1.44. The summed E-state index contributed by atoms with van der Waals surface area (Å²) >= 11 is 0. The Morgan fingerprint density at radius 1 is 1.50 bits per heavy atom. The van der Waals surface area contributed by atoms with Gasteiger partial charge >= 0.3 is 12.1 Å². The highest BCUT2D eigenvalue weighted by Gasteiger charge is 2.07. The number of anilines is 1. The van der Waals surface area contributed by atoms with Gasteiger partial charge in [0.2, 0.25) is 5.95 Å². The van der Waals surface area contributed by atoms with E-state index in [9.17, 15) is 9.59 Å². The van der Waals surface area contributed by atoms with Crippen LogP contribution in [0.15, 0.2) is 25.0 Å². The Labute approximate surface area is 90.8 Å². The Balaban J connectivity index is 2.58. The zero-order valence-corrected chi connectivity index (χ0v) is 8.21. The maximum atomic E-state index is 11.0. The van der Waals surface area contributed by atoms with E-state index in [4.69, 9.17) is 5.11 Å². The summed E-state index contributed by atoms with van der Waals surface area (Å²) in [6, 6.07) is 0. The van der Waals surface area contributed by atoms with Gasteiger partial charge in [-0.15, -0.1) is 0 Å². The summed E-state index contributed by atoms with van der Waals surface area (Å²) in [5.41, 5.74) is -0.0648. The van der Waals surface area contributed by atoms with Gasteiger partial charge in [-0.3, -0.25) is 5.32 Å². The van der Waals surface area contributed by atoms with Gasteiger partial charge in [0.05, 0.1) is 5.56 Å². The minimum Gasteiger partial charge on any atom is -0.478 e. The lowest BCUT2D eigenvalue weighted by Crippen LogP contribution is -2.15. The van der Waals surface area contributed by atoms with Gasteiger partial charge in [-0.25, -0.2) is 19.6 Å². The number of nitrogens with zero attached hydrogens (tertiary/aromatic N) is 2. The lowest BCUT2D eigenvalue weighted by atomic mass is 10.4. The first-order valence-electron chi connectivity index (χ1n) is 4.23. The molecule has 1 heterocycles. The molecule has 0 radical (unpaired) electrons. The highest BCUT2D eigenvalue weighted by molar-refractivity contribution is 5.87. The summed E-state index contributed by atoms with van der Waals surface area (Å²) in [5.74, 6) is -1.17. The number of rotatable bonds is 4. The number of nitrogens with one attached hydrogen (secondary N) is 1. The fourth-order valence-corrected chi connectivity index (χ4v) is 0.765. The summed E-state index contributed by atoms with van der Waals surface area (Å²) < 4.78 is 4.61. The van der Waals surface area contributed by atoms with E-state index >= 15 is 0 Å². The molecular weight excluding hydrogens is 214 g/mol. The summed E-state index contributed by atoms with van der Waals surface area (Å²) in [6.07, 6.45) is 2.84. The Morgan fingerprint density at radius 3 is 2.62 bits per heavy atom. The van der Waals surface area contributed by atoms with Gasteiger partial charge in [0, 0.05) is 12.4 Å².